The SMILES string of the molecule is COc1ccc(OC[C@H](O)Cn2c(C)nc3ccccc32)cc1. The third kappa shape index (κ3) is 3.46. The molecule has 1 N–H and O–H groups in total. The van der Waals surface area contributed by atoms with E-state index in [4.69, 9.17) is 9.47 Å². The van der Waals surface area contributed by atoms with Crippen molar-refractivity contribution >= 4 is 11.0 Å². The Bertz CT molecular complexity index is 781. The lowest BCUT2D eigenvalue weighted by molar-refractivity contribution is 0.0929. The molecule has 0 unspecified atom stereocenters. The largest absolute Gasteiger partial charge is 0.497 e. The average molecular weight is 312 g/mol. The van der Waals surface area contributed by atoms with Crippen molar-refractivity contribution in [2.45, 2.75) is 19.6 Å². The van der Waals surface area contributed by atoms with Gasteiger partial charge in [0.2, 0.25) is 0 Å². The van der Waals surface area contributed by atoms with E-state index in [1.165, 1.54) is 0 Å². The monoisotopic (exact) mass is 312 g/mol. The summed E-state index contributed by atoms with van der Waals surface area (Å²) in [5, 5.41) is 10.3. The van der Waals surface area contributed by atoms with Crippen LogP contribution in [-0.2, 0) is 6.54 Å². The summed E-state index contributed by atoms with van der Waals surface area (Å²) in [6.07, 6.45) is -0.617. The molecule has 0 spiro atoms. The Balaban J connectivity index is 1.64. The Morgan fingerprint density at radius 2 is 1.78 bits per heavy atom. The van der Waals surface area contributed by atoms with Crippen molar-refractivity contribution in [1.29, 1.82) is 0 Å². The van der Waals surface area contributed by atoms with Gasteiger partial charge in [0.05, 0.1) is 24.7 Å². The van der Waals surface area contributed by atoms with Gasteiger partial charge in [0.15, 0.2) is 0 Å². The fourth-order valence-electron chi connectivity index (χ4n) is 2.55. The number of aryl methyl sites for hydroxylation is 1. The lowest BCUT2D eigenvalue weighted by Crippen LogP contribution is -2.24. The van der Waals surface area contributed by atoms with Gasteiger partial charge in [-0.15, -0.1) is 0 Å². The van der Waals surface area contributed by atoms with E-state index in [0.29, 0.717) is 12.3 Å². The summed E-state index contributed by atoms with van der Waals surface area (Å²) >= 11 is 0. The van der Waals surface area contributed by atoms with Gasteiger partial charge in [0.25, 0.3) is 0 Å². The van der Waals surface area contributed by atoms with E-state index in [1.54, 1.807) is 7.11 Å². The molecule has 0 saturated carbocycles. The molecular formula is C18H20N2O3. The molecule has 0 radical (unpaired) electrons. The van der Waals surface area contributed by atoms with Crippen LogP contribution in [0.15, 0.2) is 48.5 Å². The topological polar surface area (TPSA) is 56.5 Å². The Hall–Kier alpha value is -2.53. The summed E-state index contributed by atoms with van der Waals surface area (Å²) in [6.45, 7) is 2.61. The van der Waals surface area contributed by atoms with Gasteiger partial charge < -0.3 is 19.1 Å². The zero-order chi connectivity index (χ0) is 16.2. The number of benzene rings is 2. The average Bonchev–Trinajstić information content (AvgIpc) is 2.89. The molecule has 5 nitrogen and oxygen atoms in total. The molecule has 23 heavy (non-hydrogen) atoms. The van der Waals surface area contributed by atoms with Gasteiger partial charge in [0.1, 0.15) is 30.0 Å². The fourth-order valence-corrected chi connectivity index (χ4v) is 2.55. The molecule has 0 fully saturated rings. The lowest BCUT2D eigenvalue weighted by atomic mass is 10.3. The fraction of sp³-hybridized carbons (Fsp3) is 0.278. The number of aliphatic hydroxyl groups excluding tert-OH is 1. The van der Waals surface area contributed by atoms with E-state index < -0.39 is 6.10 Å². The van der Waals surface area contributed by atoms with Crippen molar-refractivity contribution in [2.24, 2.45) is 0 Å². The van der Waals surface area contributed by atoms with Gasteiger partial charge in [-0.3, -0.25) is 0 Å². The highest BCUT2D eigenvalue weighted by atomic mass is 16.5. The number of nitrogens with zero attached hydrogens (tertiary/aromatic N) is 2. The molecule has 0 amide bonds. The number of aliphatic hydroxyl groups is 1. The molecule has 3 aromatic rings. The van der Waals surface area contributed by atoms with Gasteiger partial charge in [-0.2, -0.15) is 0 Å². The predicted octanol–water partition coefficient (Wildman–Crippen LogP) is 2.79. The number of rotatable bonds is 6. The predicted molar refractivity (Wildman–Crippen MR) is 89.0 cm³/mol. The van der Waals surface area contributed by atoms with Crippen molar-refractivity contribution in [3.05, 3.63) is 54.4 Å². The highest BCUT2D eigenvalue weighted by molar-refractivity contribution is 5.75. The zero-order valence-corrected chi connectivity index (χ0v) is 13.3. The van der Waals surface area contributed by atoms with Crippen molar-refractivity contribution in [3.63, 3.8) is 0 Å². The second-order valence-corrected chi connectivity index (χ2v) is 5.40. The number of imidazole rings is 1. The van der Waals surface area contributed by atoms with Crippen LogP contribution in [0.25, 0.3) is 11.0 Å². The Labute approximate surface area is 135 Å². The van der Waals surface area contributed by atoms with Crippen LogP contribution in [0.4, 0.5) is 0 Å². The van der Waals surface area contributed by atoms with Gasteiger partial charge in [-0.1, -0.05) is 12.1 Å². The van der Waals surface area contributed by atoms with Crippen molar-refractivity contribution in [3.8, 4) is 11.5 Å². The first-order chi connectivity index (χ1) is 11.2. The highest BCUT2D eigenvalue weighted by Gasteiger charge is 2.12. The molecule has 3 rings (SSSR count). The summed E-state index contributed by atoms with van der Waals surface area (Å²) in [7, 11) is 1.62. The Morgan fingerprint density at radius 1 is 1.09 bits per heavy atom. The summed E-state index contributed by atoms with van der Waals surface area (Å²) in [5.74, 6) is 2.37. The van der Waals surface area contributed by atoms with E-state index in [0.717, 1.165) is 22.6 Å². The Kier molecular flexibility index (Phi) is 4.48. The molecule has 2 aromatic carbocycles. The molecule has 0 saturated heterocycles. The Morgan fingerprint density at radius 3 is 2.52 bits per heavy atom. The van der Waals surface area contributed by atoms with Crippen LogP contribution >= 0.6 is 0 Å². The molecule has 5 heteroatoms. The normalized spacial score (nSPS) is 12.3. The molecule has 0 aliphatic heterocycles. The van der Waals surface area contributed by atoms with E-state index in [-0.39, 0.29) is 6.61 Å². The third-order valence-electron chi connectivity index (χ3n) is 3.74. The minimum atomic E-state index is -0.617. The molecule has 0 bridgehead atoms. The van der Waals surface area contributed by atoms with Crippen LogP contribution < -0.4 is 9.47 Å². The summed E-state index contributed by atoms with van der Waals surface area (Å²) in [4.78, 5) is 4.50. The van der Waals surface area contributed by atoms with Gasteiger partial charge in [0, 0.05) is 0 Å². The number of methoxy groups -OCH3 is 1. The molecular weight excluding hydrogens is 292 g/mol. The van der Waals surface area contributed by atoms with Crippen molar-refractivity contribution in [2.75, 3.05) is 13.7 Å². The van der Waals surface area contributed by atoms with Crippen molar-refractivity contribution in [1.82, 2.24) is 9.55 Å². The first-order valence-corrected chi connectivity index (χ1v) is 7.54. The molecule has 1 atom stereocenters. The zero-order valence-electron chi connectivity index (χ0n) is 13.3. The third-order valence-corrected chi connectivity index (χ3v) is 3.74. The first kappa shape index (κ1) is 15.4. The maximum atomic E-state index is 10.3. The van der Waals surface area contributed by atoms with Crippen molar-refractivity contribution < 1.29 is 14.6 Å². The van der Waals surface area contributed by atoms with E-state index >= 15 is 0 Å². The summed E-state index contributed by atoms with van der Waals surface area (Å²) in [5.41, 5.74) is 1.96. The van der Waals surface area contributed by atoms with E-state index in [1.807, 2.05) is 60.0 Å². The van der Waals surface area contributed by atoms with Crippen LogP contribution in [0.2, 0.25) is 0 Å². The summed E-state index contributed by atoms with van der Waals surface area (Å²) in [6, 6.07) is 15.2. The van der Waals surface area contributed by atoms with Crippen LogP contribution in [-0.4, -0.2) is 34.5 Å². The molecule has 120 valence electrons. The second-order valence-electron chi connectivity index (χ2n) is 5.40. The number of hydrogen-bond donors (Lipinski definition) is 1. The maximum Gasteiger partial charge on any atom is 0.119 e. The smallest absolute Gasteiger partial charge is 0.119 e. The van der Waals surface area contributed by atoms with E-state index in [9.17, 15) is 5.11 Å². The molecule has 0 aliphatic rings. The number of aromatic nitrogens is 2. The maximum absolute atomic E-state index is 10.3. The quantitative estimate of drug-likeness (QED) is 0.760. The minimum absolute atomic E-state index is 0.221. The lowest BCUT2D eigenvalue weighted by Gasteiger charge is -2.15. The minimum Gasteiger partial charge on any atom is -0.497 e. The molecule has 1 heterocycles. The standard InChI is InChI=1S/C18H20N2O3/c1-13-19-17-5-3-4-6-18(17)20(13)11-14(21)12-23-16-9-7-15(22-2)8-10-16/h3-10,14,21H,11-12H2,1-2H3/t14-/m1/s1. The number of ether oxygens (including phenoxy) is 2. The number of para-hydroxylation sites is 2. The summed E-state index contributed by atoms with van der Waals surface area (Å²) < 4.78 is 12.7. The highest BCUT2D eigenvalue weighted by Crippen LogP contribution is 2.18. The molecule has 1 aromatic heterocycles. The van der Waals surface area contributed by atoms with Gasteiger partial charge in [-0.25, -0.2) is 4.98 Å². The van der Waals surface area contributed by atoms with Crippen LogP contribution in [0.1, 0.15) is 5.82 Å². The number of hydrogen-bond acceptors (Lipinski definition) is 4. The van der Waals surface area contributed by atoms with Gasteiger partial charge >= 0.3 is 0 Å². The first-order valence-electron chi connectivity index (χ1n) is 7.54. The van der Waals surface area contributed by atoms with Gasteiger partial charge in [-0.05, 0) is 43.3 Å². The second kappa shape index (κ2) is 6.71. The number of fused-ring (bicyclic) bond motifs is 1. The van der Waals surface area contributed by atoms with Crippen LogP contribution in [0, 0.1) is 6.92 Å². The molecule has 0 aliphatic carbocycles. The van der Waals surface area contributed by atoms with Crippen LogP contribution in [0.3, 0.4) is 0 Å². The van der Waals surface area contributed by atoms with Crippen LogP contribution in [0.5, 0.6) is 11.5 Å². The van der Waals surface area contributed by atoms with E-state index in [2.05, 4.69) is 4.98 Å².